The highest BCUT2D eigenvalue weighted by molar-refractivity contribution is 4.64. The molecule has 1 saturated carbocycles. The van der Waals surface area contributed by atoms with E-state index in [0.29, 0.717) is 0 Å². The molecule has 1 aliphatic carbocycles. The van der Waals surface area contributed by atoms with Gasteiger partial charge >= 0.3 is 0 Å². The van der Waals surface area contributed by atoms with Crippen LogP contribution in [0.15, 0.2) is 0 Å². The standard InChI is InChI=1S/C13H28N/c1-4-5-12-14(2,3)13-10-8-6-7-9-11-13/h13H,4-12H2,1-3H3/q+1. The molecule has 0 aromatic heterocycles. The lowest BCUT2D eigenvalue weighted by Gasteiger charge is -2.38. The Bertz CT molecular complexity index is 143. The second kappa shape index (κ2) is 5.75. The summed E-state index contributed by atoms with van der Waals surface area (Å²) < 4.78 is 1.27. The quantitative estimate of drug-likeness (QED) is 0.478. The Hall–Kier alpha value is -0.0400. The van der Waals surface area contributed by atoms with Crippen LogP contribution in [0.5, 0.6) is 0 Å². The summed E-state index contributed by atoms with van der Waals surface area (Å²) in [6.45, 7) is 3.67. The molecule has 84 valence electrons. The normalized spacial score (nSPS) is 20.8. The molecule has 0 unspecified atom stereocenters. The van der Waals surface area contributed by atoms with Crippen LogP contribution in [0.4, 0.5) is 0 Å². The first-order valence-corrected chi connectivity index (χ1v) is 6.49. The third-order valence-corrected chi connectivity index (χ3v) is 3.90. The first-order chi connectivity index (χ1) is 6.67. The number of nitrogens with zero attached hydrogens (tertiary/aromatic N) is 1. The molecule has 0 aliphatic heterocycles. The van der Waals surface area contributed by atoms with Crippen molar-refractivity contribution >= 4 is 0 Å². The minimum Gasteiger partial charge on any atom is -0.326 e. The van der Waals surface area contributed by atoms with Crippen LogP contribution in [-0.4, -0.2) is 31.2 Å². The summed E-state index contributed by atoms with van der Waals surface area (Å²) >= 11 is 0. The van der Waals surface area contributed by atoms with Crippen LogP contribution in [-0.2, 0) is 0 Å². The van der Waals surface area contributed by atoms with Gasteiger partial charge in [-0.3, -0.25) is 0 Å². The van der Waals surface area contributed by atoms with Crippen molar-refractivity contribution in [2.24, 2.45) is 0 Å². The zero-order valence-electron chi connectivity index (χ0n) is 10.4. The first-order valence-electron chi connectivity index (χ1n) is 6.49. The summed E-state index contributed by atoms with van der Waals surface area (Å²) in [6.07, 6.45) is 11.6. The van der Waals surface area contributed by atoms with Gasteiger partial charge in [-0.25, -0.2) is 0 Å². The fourth-order valence-corrected chi connectivity index (χ4v) is 2.70. The van der Waals surface area contributed by atoms with Crippen LogP contribution in [0.1, 0.15) is 58.3 Å². The molecule has 14 heavy (non-hydrogen) atoms. The van der Waals surface area contributed by atoms with Crippen molar-refractivity contribution in [3.05, 3.63) is 0 Å². The number of hydrogen-bond donors (Lipinski definition) is 0. The predicted octanol–water partition coefficient (Wildman–Crippen LogP) is 3.59. The lowest BCUT2D eigenvalue weighted by atomic mass is 10.0. The molecule has 1 heteroatoms. The molecule has 0 aromatic rings. The van der Waals surface area contributed by atoms with E-state index < -0.39 is 0 Å². The van der Waals surface area contributed by atoms with Gasteiger partial charge in [0, 0.05) is 0 Å². The van der Waals surface area contributed by atoms with Gasteiger partial charge in [-0.2, -0.15) is 0 Å². The summed E-state index contributed by atoms with van der Waals surface area (Å²) in [5, 5.41) is 0. The molecule has 0 N–H and O–H groups in total. The fourth-order valence-electron chi connectivity index (χ4n) is 2.70. The Balaban J connectivity index is 2.41. The molecular weight excluding hydrogens is 170 g/mol. The smallest absolute Gasteiger partial charge is 0.0886 e. The molecule has 0 saturated heterocycles. The molecule has 0 amide bonds. The average molecular weight is 198 g/mol. The third kappa shape index (κ3) is 3.61. The van der Waals surface area contributed by atoms with Crippen LogP contribution in [0.25, 0.3) is 0 Å². The summed E-state index contributed by atoms with van der Waals surface area (Å²) in [7, 11) is 4.87. The second-order valence-electron chi connectivity index (χ2n) is 5.50. The van der Waals surface area contributed by atoms with E-state index in [4.69, 9.17) is 0 Å². The van der Waals surface area contributed by atoms with E-state index in [9.17, 15) is 0 Å². The highest BCUT2D eigenvalue weighted by Gasteiger charge is 2.27. The van der Waals surface area contributed by atoms with E-state index in [-0.39, 0.29) is 0 Å². The largest absolute Gasteiger partial charge is 0.326 e. The van der Waals surface area contributed by atoms with E-state index in [1.165, 1.54) is 62.4 Å². The topological polar surface area (TPSA) is 0 Å². The van der Waals surface area contributed by atoms with Gasteiger partial charge in [-0.15, -0.1) is 0 Å². The maximum atomic E-state index is 2.44. The molecule has 0 spiro atoms. The van der Waals surface area contributed by atoms with E-state index in [0.717, 1.165) is 6.04 Å². The second-order valence-corrected chi connectivity index (χ2v) is 5.50. The molecule has 0 aromatic carbocycles. The van der Waals surface area contributed by atoms with Crippen molar-refractivity contribution < 1.29 is 4.48 Å². The Kier molecular flexibility index (Phi) is 4.94. The van der Waals surface area contributed by atoms with Gasteiger partial charge in [-0.1, -0.05) is 26.2 Å². The number of rotatable bonds is 4. The maximum Gasteiger partial charge on any atom is 0.0886 e. The molecular formula is C13H28N+. The van der Waals surface area contributed by atoms with Crippen molar-refractivity contribution in [3.63, 3.8) is 0 Å². The molecule has 1 rings (SSSR count). The molecule has 1 aliphatic rings. The van der Waals surface area contributed by atoms with E-state index in [1.54, 1.807) is 0 Å². The molecule has 0 atom stereocenters. The van der Waals surface area contributed by atoms with Gasteiger partial charge in [-0.05, 0) is 32.1 Å². The van der Waals surface area contributed by atoms with Crippen LogP contribution in [0.3, 0.4) is 0 Å². The summed E-state index contributed by atoms with van der Waals surface area (Å²) in [6, 6.07) is 0.948. The third-order valence-electron chi connectivity index (χ3n) is 3.90. The molecule has 1 nitrogen and oxygen atoms in total. The van der Waals surface area contributed by atoms with Crippen LogP contribution >= 0.6 is 0 Å². The number of unbranched alkanes of at least 4 members (excludes halogenated alkanes) is 1. The van der Waals surface area contributed by atoms with Crippen LogP contribution in [0, 0.1) is 0 Å². The summed E-state index contributed by atoms with van der Waals surface area (Å²) in [4.78, 5) is 0. The predicted molar refractivity (Wildman–Crippen MR) is 63.4 cm³/mol. The minimum atomic E-state index is 0.948. The van der Waals surface area contributed by atoms with Gasteiger partial charge < -0.3 is 4.48 Å². The van der Waals surface area contributed by atoms with E-state index in [1.807, 2.05) is 0 Å². The van der Waals surface area contributed by atoms with Crippen molar-refractivity contribution in [3.8, 4) is 0 Å². The van der Waals surface area contributed by atoms with Gasteiger partial charge in [0.1, 0.15) is 0 Å². The Morgan fingerprint density at radius 2 is 1.57 bits per heavy atom. The fraction of sp³-hybridized carbons (Fsp3) is 1.00. The van der Waals surface area contributed by atoms with Crippen LogP contribution in [0.2, 0.25) is 0 Å². The highest BCUT2D eigenvalue weighted by Crippen LogP contribution is 2.25. The van der Waals surface area contributed by atoms with Gasteiger partial charge in [0.25, 0.3) is 0 Å². The van der Waals surface area contributed by atoms with Crippen LogP contribution < -0.4 is 0 Å². The molecule has 0 bridgehead atoms. The Morgan fingerprint density at radius 1 is 1.00 bits per heavy atom. The SMILES string of the molecule is CCCC[N+](C)(C)C1CCCCCC1. The first kappa shape index (κ1) is 12.0. The number of quaternary nitrogens is 1. The van der Waals surface area contributed by atoms with Crippen molar-refractivity contribution in [1.29, 1.82) is 0 Å². The van der Waals surface area contributed by atoms with Gasteiger partial charge in [0.2, 0.25) is 0 Å². The van der Waals surface area contributed by atoms with E-state index >= 15 is 0 Å². The highest BCUT2D eigenvalue weighted by atomic mass is 15.3. The zero-order valence-corrected chi connectivity index (χ0v) is 10.4. The Morgan fingerprint density at radius 3 is 2.07 bits per heavy atom. The lowest BCUT2D eigenvalue weighted by molar-refractivity contribution is -0.916. The molecule has 1 fully saturated rings. The minimum absolute atomic E-state index is 0.948. The maximum absolute atomic E-state index is 2.44. The van der Waals surface area contributed by atoms with E-state index in [2.05, 4.69) is 21.0 Å². The van der Waals surface area contributed by atoms with Gasteiger partial charge in [0.15, 0.2) is 0 Å². The van der Waals surface area contributed by atoms with Gasteiger partial charge in [0.05, 0.1) is 26.7 Å². The van der Waals surface area contributed by atoms with Crippen molar-refractivity contribution in [2.45, 2.75) is 64.3 Å². The Labute approximate surface area is 90.1 Å². The lowest BCUT2D eigenvalue weighted by Crippen LogP contribution is -2.49. The molecule has 0 heterocycles. The number of hydrogen-bond acceptors (Lipinski definition) is 0. The van der Waals surface area contributed by atoms with Crippen molar-refractivity contribution in [1.82, 2.24) is 0 Å². The zero-order chi connectivity index (χ0) is 10.4. The summed E-state index contributed by atoms with van der Waals surface area (Å²) in [5.74, 6) is 0. The monoisotopic (exact) mass is 198 g/mol. The average Bonchev–Trinajstić information content (AvgIpc) is 2.43. The summed E-state index contributed by atoms with van der Waals surface area (Å²) in [5.41, 5.74) is 0. The molecule has 0 radical (unpaired) electrons. The van der Waals surface area contributed by atoms with Crippen molar-refractivity contribution in [2.75, 3.05) is 20.6 Å².